The molecule has 1 amide bonds. The van der Waals surface area contributed by atoms with Gasteiger partial charge in [-0.1, -0.05) is 5.92 Å². The molecular weight excluding hydrogens is 274 g/mol. The van der Waals surface area contributed by atoms with Gasteiger partial charge >= 0.3 is 0 Å². The molecule has 1 fully saturated rings. The zero-order chi connectivity index (χ0) is 14.8. The van der Waals surface area contributed by atoms with Crippen LogP contribution in [0.5, 0.6) is 0 Å². The molecular formula is C15H17NO3S. The molecule has 0 N–H and O–H groups in total. The number of terminal acetylenes is 1. The fraction of sp³-hybridized carbons (Fsp3) is 0.400. The maximum absolute atomic E-state index is 12.3. The lowest BCUT2D eigenvalue weighted by molar-refractivity contribution is 0.0769. The van der Waals surface area contributed by atoms with E-state index in [9.17, 15) is 13.2 Å². The summed E-state index contributed by atoms with van der Waals surface area (Å²) in [5.41, 5.74) is 0.466. The number of hydrogen-bond acceptors (Lipinski definition) is 3. The molecule has 0 spiro atoms. The van der Waals surface area contributed by atoms with E-state index in [1.165, 1.54) is 24.3 Å². The van der Waals surface area contributed by atoms with Gasteiger partial charge in [-0.15, -0.1) is 6.42 Å². The topological polar surface area (TPSA) is 54.5 Å². The number of rotatable bonds is 5. The number of benzene rings is 1. The number of amides is 1. The van der Waals surface area contributed by atoms with Gasteiger partial charge in [0.1, 0.15) is 0 Å². The van der Waals surface area contributed by atoms with E-state index < -0.39 is 9.84 Å². The van der Waals surface area contributed by atoms with Crippen LogP contribution in [0, 0.1) is 18.3 Å². The van der Waals surface area contributed by atoms with Gasteiger partial charge in [0.2, 0.25) is 0 Å². The van der Waals surface area contributed by atoms with E-state index in [4.69, 9.17) is 6.42 Å². The molecule has 0 bridgehead atoms. The van der Waals surface area contributed by atoms with E-state index in [-0.39, 0.29) is 17.3 Å². The Morgan fingerprint density at radius 3 is 2.40 bits per heavy atom. The predicted molar refractivity (Wildman–Crippen MR) is 77.0 cm³/mol. The molecule has 0 aliphatic heterocycles. The Hall–Kier alpha value is -1.80. The smallest absolute Gasteiger partial charge is 0.254 e. The lowest BCUT2D eigenvalue weighted by atomic mass is 10.2. The first-order valence-electron chi connectivity index (χ1n) is 6.44. The molecule has 0 radical (unpaired) electrons. The third kappa shape index (κ3) is 3.61. The fourth-order valence-corrected chi connectivity index (χ4v) is 2.60. The Balaban J connectivity index is 2.16. The minimum Gasteiger partial charge on any atom is -0.327 e. The van der Waals surface area contributed by atoms with E-state index >= 15 is 0 Å². The van der Waals surface area contributed by atoms with Crippen LogP contribution in [0.3, 0.4) is 0 Å². The normalized spacial score (nSPS) is 14.6. The third-order valence-corrected chi connectivity index (χ3v) is 4.40. The number of sulfone groups is 1. The molecule has 106 valence electrons. The molecule has 0 atom stereocenters. The monoisotopic (exact) mass is 291 g/mol. The van der Waals surface area contributed by atoms with Gasteiger partial charge in [-0.3, -0.25) is 4.79 Å². The summed E-state index contributed by atoms with van der Waals surface area (Å²) < 4.78 is 22.8. The molecule has 4 nitrogen and oxygen atoms in total. The first-order chi connectivity index (χ1) is 9.41. The molecule has 1 saturated carbocycles. The van der Waals surface area contributed by atoms with Gasteiger partial charge in [-0.05, 0) is 43.0 Å². The van der Waals surface area contributed by atoms with Crippen molar-refractivity contribution in [2.45, 2.75) is 17.7 Å². The Kier molecular flexibility index (Phi) is 4.15. The highest BCUT2D eigenvalue weighted by Crippen LogP contribution is 2.30. The van der Waals surface area contributed by atoms with Crippen molar-refractivity contribution in [3.63, 3.8) is 0 Å². The van der Waals surface area contributed by atoms with Gasteiger partial charge in [0.25, 0.3) is 5.91 Å². The number of carbonyl (C=O) groups is 1. The van der Waals surface area contributed by atoms with Gasteiger partial charge in [0.15, 0.2) is 9.84 Å². The molecule has 0 heterocycles. The minimum atomic E-state index is -3.24. The summed E-state index contributed by atoms with van der Waals surface area (Å²) in [6, 6.07) is 5.98. The minimum absolute atomic E-state index is 0.144. The van der Waals surface area contributed by atoms with E-state index in [0.29, 0.717) is 18.0 Å². The van der Waals surface area contributed by atoms with Crippen molar-refractivity contribution >= 4 is 15.7 Å². The highest BCUT2D eigenvalue weighted by Gasteiger charge is 2.26. The molecule has 1 aromatic rings. The van der Waals surface area contributed by atoms with Crippen LogP contribution in [0.1, 0.15) is 23.2 Å². The largest absolute Gasteiger partial charge is 0.327 e. The Bertz CT molecular complexity index is 637. The highest BCUT2D eigenvalue weighted by molar-refractivity contribution is 7.90. The summed E-state index contributed by atoms with van der Waals surface area (Å²) in [4.78, 5) is 14.2. The summed E-state index contributed by atoms with van der Waals surface area (Å²) >= 11 is 0. The standard InChI is InChI=1S/C15H17NO3S/c1-3-10-16(11-12-4-5-12)15(17)13-6-8-14(9-7-13)20(2,18)19/h1,6-9,12H,4-5,10-11H2,2H3. The lowest BCUT2D eigenvalue weighted by Crippen LogP contribution is -2.33. The van der Waals surface area contributed by atoms with Gasteiger partial charge in [-0.2, -0.15) is 0 Å². The van der Waals surface area contributed by atoms with E-state index in [1.54, 1.807) is 4.90 Å². The van der Waals surface area contributed by atoms with Gasteiger partial charge < -0.3 is 4.90 Å². The second-order valence-corrected chi connectivity index (χ2v) is 7.15. The van der Waals surface area contributed by atoms with Crippen molar-refractivity contribution in [3.05, 3.63) is 29.8 Å². The van der Waals surface area contributed by atoms with Gasteiger partial charge in [0, 0.05) is 18.4 Å². The zero-order valence-corrected chi connectivity index (χ0v) is 12.2. The molecule has 2 rings (SSSR count). The van der Waals surface area contributed by atoms with Crippen molar-refractivity contribution in [3.8, 4) is 12.3 Å². The summed E-state index contributed by atoms with van der Waals surface area (Å²) in [5.74, 6) is 2.91. The fourth-order valence-electron chi connectivity index (χ4n) is 1.97. The lowest BCUT2D eigenvalue weighted by Gasteiger charge is -2.20. The summed E-state index contributed by atoms with van der Waals surface area (Å²) in [5, 5.41) is 0. The van der Waals surface area contributed by atoms with Crippen LogP contribution in [-0.4, -0.2) is 38.6 Å². The Morgan fingerprint density at radius 2 is 1.95 bits per heavy atom. The molecule has 1 aliphatic rings. The molecule has 0 unspecified atom stereocenters. The van der Waals surface area contributed by atoms with Crippen LogP contribution in [-0.2, 0) is 9.84 Å². The third-order valence-electron chi connectivity index (χ3n) is 3.27. The number of carbonyl (C=O) groups excluding carboxylic acids is 1. The van der Waals surface area contributed by atoms with Crippen molar-refractivity contribution in [2.24, 2.45) is 5.92 Å². The predicted octanol–water partition coefficient (Wildman–Crippen LogP) is 1.58. The second-order valence-electron chi connectivity index (χ2n) is 5.13. The average molecular weight is 291 g/mol. The molecule has 5 heteroatoms. The maximum atomic E-state index is 12.3. The first-order valence-corrected chi connectivity index (χ1v) is 8.34. The number of nitrogens with zero attached hydrogens (tertiary/aromatic N) is 1. The molecule has 20 heavy (non-hydrogen) atoms. The summed E-state index contributed by atoms with van der Waals surface area (Å²) in [7, 11) is -3.24. The molecule has 0 aromatic heterocycles. The van der Waals surface area contributed by atoms with Crippen molar-refractivity contribution in [1.29, 1.82) is 0 Å². The van der Waals surface area contributed by atoms with Crippen molar-refractivity contribution in [1.82, 2.24) is 4.90 Å². The summed E-state index contributed by atoms with van der Waals surface area (Å²) in [6.07, 6.45) is 8.72. The van der Waals surface area contributed by atoms with E-state index in [2.05, 4.69) is 5.92 Å². The van der Waals surface area contributed by atoms with Crippen LogP contribution in [0.2, 0.25) is 0 Å². The molecule has 0 saturated heterocycles. The summed E-state index contributed by atoms with van der Waals surface area (Å²) in [6.45, 7) is 0.958. The van der Waals surface area contributed by atoms with Crippen LogP contribution in [0.25, 0.3) is 0 Å². The van der Waals surface area contributed by atoms with Gasteiger partial charge in [-0.25, -0.2) is 8.42 Å². The Labute approximate surface area is 119 Å². The molecule has 1 aliphatic carbocycles. The SMILES string of the molecule is C#CCN(CC1CC1)C(=O)c1ccc(S(C)(=O)=O)cc1. The second kappa shape index (κ2) is 5.68. The van der Waals surface area contributed by atoms with Crippen LogP contribution >= 0.6 is 0 Å². The van der Waals surface area contributed by atoms with Gasteiger partial charge in [0.05, 0.1) is 11.4 Å². The zero-order valence-electron chi connectivity index (χ0n) is 11.4. The van der Waals surface area contributed by atoms with Crippen LogP contribution in [0.15, 0.2) is 29.2 Å². The Morgan fingerprint density at radius 1 is 1.35 bits per heavy atom. The highest BCUT2D eigenvalue weighted by atomic mass is 32.2. The van der Waals surface area contributed by atoms with Crippen molar-refractivity contribution in [2.75, 3.05) is 19.3 Å². The van der Waals surface area contributed by atoms with Crippen molar-refractivity contribution < 1.29 is 13.2 Å². The van der Waals surface area contributed by atoms with E-state index in [0.717, 1.165) is 19.1 Å². The number of hydrogen-bond donors (Lipinski definition) is 0. The average Bonchev–Trinajstić information content (AvgIpc) is 3.20. The van der Waals surface area contributed by atoms with Crippen LogP contribution < -0.4 is 0 Å². The van der Waals surface area contributed by atoms with Crippen LogP contribution in [0.4, 0.5) is 0 Å². The van der Waals surface area contributed by atoms with E-state index in [1.807, 2.05) is 0 Å². The maximum Gasteiger partial charge on any atom is 0.254 e. The quantitative estimate of drug-likeness (QED) is 0.774. The first kappa shape index (κ1) is 14.6. The molecule has 1 aromatic carbocycles.